The van der Waals surface area contributed by atoms with E-state index in [1.54, 1.807) is 6.07 Å². The second-order valence-corrected chi connectivity index (χ2v) is 5.85. The molecule has 0 aliphatic carbocycles. The van der Waals surface area contributed by atoms with E-state index in [4.69, 9.17) is 0 Å². The Kier molecular flexibility index (Phi) is 5.69. The lowest BCUT2D eigenvalue weighted by molar-refractivity contribution is 0.619. The fourth-order valence-corrected chi connectivity index (χ4v) is 2.99. The van der Waals surface area contributed by atoms with Gasteiger partial charge in [-0.3, -0.25) is 0 Å². The largest absolute Gasteiger partial charge is 0.206 e. The van der Waals surface area contributed by atoms with E-state index in [-0.39, 0.29) is 5.82 Å². The topological polar surface area (TPSA) is 0 Å². The molecule has 0 N–H and O–H groups in total. The van der Waals surface area contributed by atoms with Gasteiger partial charge in [-0.2, -0.15) is 11.8 Å². The first kappa shape index (κ1) is 13.0. The normalized spacial score (nSPS) is 11.0. The van der Waals surface area contributed by atoms with Gasteiger partial charge in [0, 0.05) is 5.75 Å². The van der Waals surface area contributed by atoms with Gasteiger partial charge in [-0.15, -0.1) is 0 Å². The van der Waals surface area contributed by atoms with Crippen LogP contribution in [0.1, 0.15) is 25.8 Å². The predicted octanol–water partition coefficient (Wildman–Crippen LogP) is 4.87. The third-order valence-electron chi connectivity index (χ3n) is 2.13. The maximum atomic E-state index is 13.2. The number of rotatable bonds is 5. The smallest absolute Gasteiger partial charge is 0.137 e. The van der Waals surface area contributed by atoms with Crippen molar-refractivity contribution in [2.45, 2.75) is 26.0 Å². The Hall–Kier alpha value is -0.0200. The van der Waals surface area contributed by atoms with Gasteiger partial charge in [0.1, 0.15) is 5.82 Å². The lowest BCUT2D eigenvalue weighted by atomic mass is 10.2. The molecule has 1 aromatic rings. The van der Waals surface area contributed by atoms with Crippen molar-refractivity contribution in [3.63, 3.8) is 0 Å². The highest BCUT2D eigenvalue weighted by Crippen LogP contribution is 2.25. The van der Waals surface area contributed by atoms with Gasteiger partial charge in [0.2, 0.25) is 0 Å². The van der Waals surface area contributed by atoms with Crippen molar-refractivity contribution in [2.24, 2.45) is 5.92 Å². The van der Waals surface area contributed by atoms with E-state index in [1.807, 2.05) is 17.8 Å². The van der Waals surface area contributed by atoms with Crippen molar-refractivity contribution >= 4 is 27.7 Å². The Labute approximate surface area is 104 Å². The maximum Gasteiger partial charge on any atom is 0.137 e. The molecule has 1 rings (SSSR count). The standard InChI is InChI=1S/C12H16BrFS/c1-9(2)6-7-15-8-10-4-3-5-11(14)12(10)13/h3-5,9H,6-8H2,1-2H3. The molecular weight excluding hydrogens is 275 g/mol. The fraction of sp³-hybridized carbons (Fsp3) is 0.500. The minimum absolute atomic E-state index is 0.169. The molecule has 0 bridgehead atoms. The molecule has 0 aliphatic rings. The molecule has 0 heterocycles. The lowest BCUT2D eigenvalue weighted by Gasteiger charge is -2.06. The van der Waals surface area contributed by atoms with Crippen LogP contribution in [0.5, 0.6) is 0 Å². The van der Waals surface area contributed by atoms with Crippen LogP contribution in [0.15, 0.2) is 22.7 Å². The van der Waals surface area contributed by atoms with E-state index in [0.717, 1.165) is 23.0 Å². The molecule has 0 fully saturated rings. The molecule has 0 spiro atoms. The van der Waals surface area contributed by atoms with Crippen LogP contribution in [-0.4, -0.2) is 5.75 Å². The second-order valence-electron chi connectivity index (χ2n) is 3.95. The van der Waals surface area contributed by atoms with E-state index in [1.165, 1.54) is 12.5 Å². The molecule has 0 aromatic heterocycles. The Morgan fingerprint density at radius 1 is 1.40 bits per heavy atom. The molecule has 0 aliphatic heterocycles. The van der Waals surface area contributed by atoms with Crippen molar-refractivity contribution in [1.82, 2.24) is 0 Å². The Balaban J connectivity index is 2.41. The van der Waals surface area contributed by atoms with Gasteiger partial charge in [0.05, 0.1) is 4.47 Å². The quantitative estimate of drug-likeness (QED) is 0.698. The summed E-state index contributed by atoms with van der Waals surface area (Å²) >= 11 is 5.13. The summed E-state index contributed by atoms with van der Waals surface area (Å²) in [6.45, 7) is 4.44. The summed E-state index contributed by atoms with van der Waals surface area (Å²) in [5.74, 6) is 2.59. The zero-order chi connectivity index (χ0) is 11.3. The summed E-state index contributed by atoms with van der Waals surface area (Å²) in [5, 5.41) is 0. The Morgan fingerprint density at radius 2 is 2.13 bits per heavy atom. The van der Waals surface area contributed by atoms with Crippen LogP contribution >= 0.6 is 27.7 Å². The molecule has 1 aromatic carbocycles. The highest BCUT2D eigenvalue weighted by Gasteiger charge is 2.04. The molecule has 0 amide bonds. The van der Waals surface area contributed by atoms with Crippen molar-refractivity contribution in [1.29, 1.82) is 0 Å². The van der Waals surface area contributed by atoms with E-state index >= 15 is 0 Å². The van der Waals surface area contributed by atoms with E-state index in [9.17, 15) is 4.39 Å². The average molecular weight is 291 g/mol. The van der Waals surface area contributed by atoms with Gasteiger partial charge in [-0.1, -0.05) is 26.0 Å². The highest BCUT2D eigenvalue weighted by atomic mass is 79.9. The number of halogens is 2. The molecule has 0 unspecified atom stereocenters. The fourth-order valence-electron chi connectivity index (χ4n) is 1.16. The van der Waals surface area contributed by atoms with Gasteiger partial charge in [0.25, 0.3) is 0 Å². The summed E-state index contributed by atoms with van der Waals surface area (Å²) in [7, 11) is 0. The van der Waals surface area contributed by atoms with E-state index in [2.05, 4.69) is 29.8 Å². The molecule has 0 saturated carbocycles. The van der Waals surface area contributed by atoms with Crippen LogP contribution < -0.4 is 0 Å². The predicted molar refractivity (Wildman–Crippen MR) is 69.7 cm³/mol. The van der Waals surface area contributed by atoms with Crippen LogP contribution in [0.3, 0.4) is 0 Å². The summed E-state index contributed by atoms with van der Waals surface area (Å²) in [4.78, 5) is 0. The molecule has 0 atom stereocenters. The number of hydrogen-bond acceptors (Lipinski definition) is 1. The first-order valence-electron chi connectivity index (χ1n) is 5.12. The molecular formula is C12H16BrFS. The number of benzene rings is 1. The number of thioether (sulfide) groups is 1. The van der Waals surface area contributed by atoms with Gasteiger partial charge in [-0.25, -0.2) is 4.39 Å². The average Bonchev–Trinajstić information content (AvgIpc) is 2.18. The third-order valence-corrected chi connectivity index (χ3v) is 4.06. The summed E-state index contributed by atoms with van der Waals surface area (Å²) in [6.07, 6.45) is 1.22. The third kappa shape index (κ3) is 4.56. The zero-order valence-corrected chi connectivity index (χ0v) is 11.5. The zero-order valence-electron chi connectivity index (χ0n) is 9.09. The van der Waals surface area contributed by atoms with E-state index in [0.29, 0.717) is 4.47 Å². The number of hydrogen-bond donors (Lipinski definition) is 0. The summed E-state index contributed by atoms with van der Waals surface area (Å²) < 4.78 is 13.8. The van der Waals surface area contributed by atoms with Crippen molar-refractivity contribution in [3.05, 3.63) is 34.1 Å². The summed E-state index contributed by atoms with van der Waals surface area (Å²) in [6, 6.07) is 5.21. The maximum absolute atomic E-state index is 13.2. The Morgan fingerprint density at radius 3 is 2.80 bits per heavy atom. The van der Waals surface area contributed by atoms with Crippen molar-refractivity contribution in [3.8, 4) is 0 Å². The SMILES string of the molecule is CC(C)CCSCc1cccc(F)c1Br. The molecule has 0 saturated heterocycles. The van der Waals surface area contributed by atoms with Gasteiger partial charge in [0.15, 0.2) is 0 Å². The van der Waals surface area contributed by atoms with Crippen LogP contribution in [0.25, 0.3) is 0 Å². The molecule has 0 radical (unpaired) electrons. The Bertz CT molecular complexity index is 312. The van der Waals surface area contributed by atoms with Crippen LogP contribution in [0.2, 0.25) is 0 Å². The van der Waals surface area contributed by atoms with Crippen LogP contribution in [-0.2, 0) is 5.75 Å². The van der Waals surface area contributed by atoms with Crippen molar-refractivity contribution < 1.29 is 4.39 Å². The van der Waals surface area contributed by atoms with Gasteiger partial charge < -0.3 is 0 Å². The molecule has 0 nitrogen and oxygen atoms in total. The first-order valence-corrected chi connectivity index (χ1v) is 7.06. The van der Waals surface area contributed by atoms with Crippen molar-refractivity contribution in [2.75, 3.05) is 5.75 Å². The minimum atomic E-state index is -0.169. The summed E-state index contributed by atoms with van der Waals surface area (Å²) in [5.41, 5.74) is 1.05. The van der Waals surface area contributed by atoms with Gasteiger partial charge >= 0.3 is 0 Å². The second kappa shape index (κ2) is 6.54. The van der Waals surface area contributed by atoms with E-state index < -0.39 is 0 Å². The lowest BCUT2D eigenvalue weighted by Crippen LogP contribution is -1.92. The van der Waals surface area contributed by atoms with Crippen LogP contribution in [0, 0.1) is 11.7 Å². The minimum Gasteiger partial charge on any atom is -0.206 e. The first-order chi connectivity index (χ1) is 7.11. The highest BCUT2D eigenvalue weighted by molar-refractivity contribution is 9.10. The monoisotopic (exact) mass is 290 g/mol. The molecule has 15 heavy (non-hydrogen) atoms. The van der Waals surface area contributed by atoms with Crippen LogP contribution in [0.4, 0.5) is 4.39 Å². The molecule has 3 heteroatoms. The van der Waals surface area contributed by atoms with Gasteiger partial charge in [-0.05, 0) is 45.7 Å². The molecule has 84 valence electrons.